The van der Waals surface area contributed by atoms with Crippen LogP contribution in [-0.2, 0) is 0 Å². The van der Waals surface area contributed by atoms with Crippen LogP contribution in [0.5, 0.6) is 0 Å². The zero-order chi connectivity index (χ0) is 10.6. The number of hydrogen-bond acceptors (Lipinski definition) is 0. The van der Waals surface area contributed by atoms with Crippen LogP contribution < -0.4 is 0 Å². The second kappa shape index (κ2) is 10.6. The van der Waals surface area contributed by atoms with Crippen LogP contribution in [0.3, 0.4) is 0 Å². The Labute approximate surface area is 90.5 Å². The molecular weight excluding hydrogens is 168 g/mol. The topological polar surface area (TPSA) is 0 Å². The number of unbranched alkanes of at least 4 members (excludes halogenated alkanes) is 7. The van der Waals surface area contributed by atoms with E-state index in [-0.39, 0.29) is 0 Å². The first-order chi connectivity index (χ1) is 6.81. The van der Waals surface area contributed by atoms with E-state index in [0.29, 0.717) is 5.92 Å². The van der Waals surface area contributed by atoms with Crippen molar-refractivity contribution in [1.82, 2.24) is 0 Å². The summed E-state index contributed by atoms with van der Waals surface area (Å²) in [7, 11) is 0. The molecule has 0 aromatic rings. The fourth-order valence-electron chi connectivity index (χ4n) is 1.67. The summed E-state index contributed by atoms with van der Waals surface area (Å²) < 4.78 is 0. The van der Waals surface area contributed by atoms with Gasteiger partial charge < -0.3 is 0 Å². The predicted octanol–water partition coefficient (Wildman–Crippen LogP) is 4.79. The first-order valence-corrected chi connectivity index (χ1v) is 6.27. The molecule has 0 spiro atoms. The highest BCUT2D eigenvalue weighted by atomic mass is 14.0. The van der Waals surface area contributed by atoms with E-state index in [1.165, 1.54) is 57.8 Å². The molecule has 0 nitrogen and oxygen atoms in total. The van der Waals surface area contributed by atoms with Crippen molar-refractivity contribution in [3.63, 3.8) is 0 Å². The maximum atomic E-state index is 5.32. The van der Waals surface area contributed by atoms with E-state index in [2.05, 4.69) is 19.8 Å². The Kier molecular flexibility index (Phi) is 10.3. The molecular formula is C14H26. The fourth-order valence-corrected chi connectivity index (χ4v) is 1.67. The molecule has 0 aliphatic rings. The molecule has 0 radical (unpaired) electrons. The smallest absolute Gasteiger partial charge is 0.0171 e. The summed E-state index contributed by atoms with van der Waals surface area (Å²) >= 11 is 0. The lowest BCUT2D eigenvalue weighted by molar-refractivity contribution is 0.539. The van der Waals surface area contributed by atoms with Crippen LogP contribution in [0.15, 0.2) is 0 Å². The Balaban J connectivity index is 2.96. The van der Waals surface area contributed by atoms with Crippen molar-refractivity contribution in [2.45, 2.75) is 71.6 Å². The van der Waals surface area contributed by atoms with E-state index in [0.717, 1.165) is 0 Å². The number of hydrogen-bond donors (Lipinski definition) is 0. The van der Waals surface area contributed by atoms with Crippen molar-refractivity contribution < 1.29 is 0 Å². The monoisotopic (exact) mass is 194 g/mol. The van der Waals surface area contributed by atoms with Gasteiger partial charge in [-0.3, -0.25) is 0 Å². The molecule has 0 aliphatic carbocycles. The maximum Gasteiger partial charge on any atom is 0.0171 e. The Hall–Kier alpha value is -0.440. The van der Waals surface area contributed by atoms with E-state index in [1.807, 2.05) is 0 Å². The highest BCUT2D eigenvalue weighted by Gasteiger charge is 1.96. The van der Waals surface area contributed by atoms with Crippen LogP contribution in [0.2, 0.25) is 0 Å². The van der Waals surface area contributed by atoms with E-state index >= 15 is 0 Å². The molecule has 1 atom stereocenters. The first-order valence-electron chi connectivity index (χ1n) is 6.27. The lowest BCUT2D eigenvalue weighted by Gasteiger charge is -2.03. The highest BCUT2D eigenvalue weighted by molar-refractivity contribution is 4.89. The van der Waals surface area contributed by atoms with Crippen LogP contribution in [0.4, 0.5) is 0 Å². The van der Waals surface area contributed by atoms with Crippen LogP contribution in [0, 0.1) is 18.3 Å². The van der Waals surface area contributed by atoms with Gasteiger partial charge in [-0.05, 0) is 6.42 Å². The van der Waals surface area contributed by atoms with Crippen LogP contribution in [-0.4, -0.2) is 0 Å². The fraction of sp³-hybridized carbons (Fsp3) is 0.857. The summed E-state index contributed by atoms with van der Waals surface area (Å²) in [5.41, 5.74) is 0. The van der Waals surface area contributed by atoms with Gasteiger partial charge in [-0.2, -0.15) is 0 Å². The van der Waals surface area contributed by atoms with Crippen molar-refractivity contribution in [1.29, 1.82) is 0 Å². The van der Waals surface area contributed by atoms with Crippen molar-refractivity contribution in [3.05, 3.63) is 0 Å². The number of rotatable bonds is 9. The zero-order valence-electron chi connectivity index (χ0n) is 10.0. The third-order valence-electron chi connectivity index (χ3n) is 2.78. The summed E-state index contributed by atoms with van der Waals surface area (Å²) in [5.74, 6) is 3.27. The molecule has 0 fully saturated rings. The molecule has 0 amide bonds. The first kappa shape index (κ1) is 13.6. The molecule has 0 aliphatic heterocycles. The molecule has 0 saturated heterocycles. The minimum absolute atomic E-state index is 0.482. The summed E-state index contributed by atoms with van der Waals surface area (Å²) in [4.78, 5) is 0. The van der Waals surface area contributed by atoms with Crippen molar-refractivity contribution in [2.24, 2.45) is 5.92 Å². The Bertz CT molecular complexity index is 141. The van der Waals surface area contributed by atoms with E-state index in [4.69, 9.17) is 6.42 Å². The SMILES string of the molecule is C#CC(C)CCCCCCCCCC. The Morgan fingerprint density at radius 1 is 0.929 bits per heavy atom. The highest BCUT2D eigenvalue weighted by Crippen LogP contribution is 2.12. The second-order valence-electron chi connectivity index (χ2n) is 4.33. The Morgan fingerprint density at radius 2 is 1.43 bits per heavy atom. The summed E-state index contributed by atoms with van der Waals surface area (Å²) in [6, 6.07) is 0. The van der Waals surface area contributed by atoms with Crippen LogP contribution in [0.25, 0.3) is 0 Å². The van der Waals surface area contributed by atoms with Gasteiger partial charge in [0.25, 0.3) is 0 Å². The lowest BCUT2D eigenvalue weighted by atomic mass is 10.0. The lowest BCUT2D eigenvalue weighted by Crippen LogP contribution is -1.89. The summed E-state index contributed by atoms with van der Waals surface area (Å²) in [6.07, 6.45) is 17.7. The average Bonchev–Trinajstić information content (AvgIpc) is 2.21. The molecule has 0 bridgehead atoms. The van der Waals surface area contributed by atoms with Gasteiger partial charge >= 0.3 is 0 Å². The van der Waals surface area contributed by atoms with E-state index in [1.54, 1.807) is 0 Å². The molecule has 0 N–H and O–H groups in total. The van der Waals surface area contributed by atoms with Gasteiger partial charge in [-0.1, -0.05) is 65.2 Å². The maximum absolute atomic E-state index is 5.32. The van der Waals surface area contributed by atoms with E-state index in [9.17, 15) is 0 Å². The van der Waals surface area contributed by atoms with E-state index < -0.39 is 0 Å². The molecule has 82 valence electrons. The normalized spacial score (nSPS) is 12.4. The molecule has 0 saturated carbocycles. The van der Waals surface area contributed by atoms with Gasteiger partial charge in [-0.15, -0.1) is 12.3 Å². The van der Waals surface area contributed by atoms with Gasteiger partial charge in [0.2, 0.25) is 0 Å². The van der Waals surface area contributed by atoms with Gasteiger partial charge in [-0.25, -0.2) is 0 Å². The minimum Gasteiger partial charge on any atom is -0.120 e. The third kappa shape index (κ3) is 9.65. The van der Waals surface area contributed by atoms with Gasteiger partial charge in [0.15, 0.2) is 0 Å². The van der Waals surface area contributed by atoms with Gasteiger partial charge in [0, 0.05) is 5.92 Å². The summed E-state index contributed by atoms with van der Waals surface area (Å²) in [5, 5.41) is 0. The van der Waals surface area contributed by atoms with Crippen molar-refractivity contribution in [2.75, 3.05) is 0 Å². The molecule has 1 unspecified atom stereocenters. The molecule has 0 aromatic heterocycles. The average molecular weight is 194 g/mol. The molecule has 0 rings (SSSR count). The van der Waals surface area contributed by atoms with Crippen LogP contribution in [0.1, 0.15) is 71.6 Å². The van der Waals surface area contributed by atoms with Crippen LogP contribution >= 0.6 is 0 Å². The molecule has 0 aromatic carbocycles. The van der Waals surface area contributed by atoms with Crippen molar-refractivity contribution >= 4 is 0 Å². The molecule has 0 heterocycles. The zero-order valence-corrected chi connectivity index (χ0v) is 10.0. The number of terminal acetylenes is 1. The predicted molar refractivity (Wildman–Crippen MR) is 65.2 cm³/mol. The molecule has 14 heavy (non-hydrogen) atoms. The second-order valence-corrected chi connectivity index (χ2v) is 4.33. The Morgan fingerprint density at radius 3 is 1.93 bits per heavy atom. The van der Waals surface area contributed by atoms with Crippen molar-refractivity contribution in [3.8, 4) is 12.3 Å². The van der Waals surface area contributed by atoms with Gasteiger partial charge in [0.1, 0.15) is 0 Å². The standard InChI is InChI=1S/C14H26/c1-4-6-7-8-9-10-11-12-13-14(3)5-2/h2,14H,4,6-13H2,1,3H3. The summed E-state index contributed by atoms with van der Waals surface area (Å²) in [6.45, 7) is 4.41. The quantitative estimate of drug-likeness (QED) is 0.366. The third-order valence-corrected chi connectivity index (χ3v) is 2.78. The largest absolute Gasteiger partial charge is 0.120 e. The molecule has 0 heteroatoms. The van der Waals surface area contributed by atoms with Gasteiger partial charge in [0.05, 0.1) is 0 Å². The minimum atomic E-state index is 0.482.